The molecule has 0 atom stereocenters. The van der Waals surface area contributed by atoms with Crippen molar-refractivity contribution in [3.63, 3.8) is 0 Å². The number of hydrogen-bond donors (Lipinski definition) is 2. The van der Waals surface area contributed by atoms with E-state index >= 15 is 0 Å². The summed E-state index contributed by atoms with van der Waals surface area (Å²) in [6.45, 7) is 1.65. The van der Waals surface area contributed by atoms with Crippen LogP contribution >= 0.6 is 0 Å². The minimum Gasteiger partial charge on any atom is -0.324 e. The molecule has 1 aromatic heterocycles. The standard InChI is InChI=1S/C18H17N3O3/c1-2-12-7-3-5-9-14(12)19-16(22)11-21-17(23)13-8-4-6-10-15(13)20-18(21)24/h3-10H,2,11H2,1H3,(H,19,22)(H,20,24). The highest BCUT2D eigenvalue weighted by atomic mass is 16.2. The number of H-pyrrole nitrogens is 1. The van der Waals surface area contributed by atoms with Gasteiger partial charge in [-0.15, -0.1) is 0 Å². The average molecular weight is 323 g/mol. The minimum atomic E-state index is -0.599. The van der Waals surface area contributed by atoms with Crippen molar-refractivity contribution in [2.75, 3.05) is 5.32 Å². The zero-order valence-electron chi connectivity index (χ0n) is 13.2. The van der Waals surface area contributed by atoms with Gasteiger partial charge >= 0.3 is 5.69 Å². The highest BCUT2D eigenvalue weighted by Gasteiger charge is 2.12. The first-order chi connectivity index (χ1) is 11.6. The molecule has 1 amide bonds. The van der Waals surface area contributed by atoms with Crippen LogP contribution in [0.15, 0.2) is 58.1 Å². The van der Waals surface area contributed by atoms with Crippen molar-refractivity contribution in [1.82, 2.24) is 9.55 Å². The van der Waals surface area contributed by atoms with E-state index < -0.39 is 17.2 Å². The molecule has 0 aliphatic rings. The summed E-state index contributed by atoms with van der Waals surface area (Å²) in [6, 6.07) is 14.2. The van der Waals surface area contributed by atoms with Gasteiger partial charge < -0.3 is 10.3 Å². The minimum absolute atomic E-state index is 0.336. The van der Waals surface area contributed by atoms with Crippen LogP contribution in [0.5, 0.6) is 0 Å². The van der Waals surface area contributed by atoms with Gasteiger partial charge in [0.1, 0.15) is 6.54 Å². The average Bonchev–Trinajstić information content (AvgIpc) is 2.59. The third kappa shape index (κ3) is 2.99. The summed E-state index contributed by atoms with van der Waals surface area (Å²) in [6.07, 6.45) is 0.771. The Hall–Kier alpha value is -3.15. The molecule has 0 fully saturated rings. The molecule has 2 N–H and O–H groups in total. The molecule has 1 heterocycles. The van der Waals surface area contributed by atoms with E-state index in [2.05, 4.69) is 10.3 Å². The number of aryl methyl sites for hydroxylation is 1. The van der Waals surface area contributed by atoms with E-state index in [9.17, 15) is 14.4 Å². The maximum Gasteiger partial charge on any atom is 0.329 e. The molecule has 0 bridgehead atoms. The number of amides is 1. The van der Waals surface area contributed by atoms with Crippen LogP contribution in [0.4, 0.5) is 5.69 Å². The number of nitrogens with zero attached hydrogens (tertiary/aromatic N) is 1. The van der Waals surface area contributed by atoms with Gasteiger partial charge in [0.05, 0.1) is 10.9 Å². The molecule has 3 aromatic rings. The van der Waals surface area contributed by atoms with E-state index in [0.29, 0.717) is 16.6 Å². The fraction of sp³-hybridized carbons (Fsp3) is 0.167. The number of aromatic nitrogens is 2. The van der Waals surface area contributed by atoms with Crippen LogP contribution in [0.1, 0.15) is 12.5 Å². The molecule has 6 nitrogen and oxygen atoms in total. The molecular weight excluding hydrogens is 306 g/mol. The van der Waals surface area contributed by atoms with Crippen LogP contribution < -0.4 is 16.6 Å². The van der Waals surface area contributed by atoms with Gasteiger partial charge in [-0.25, -0.2) is 4.79 Å². The first-order valence-corrected chi connectivity index (χ1v) is 7.69. The van der Waals surface area contributed by atoms with Gasteiger partial charge in [0.2, 0.25) is 5.91 Å². The summed E-state index contributed by atoms with van der Waals surface area (Å²) in [5, 5.41) is 3.13. The van der Waals surface area contributed by atoms with Crippen LogP contribution in [0.3, 0.4) is 0 Å². The Morgan fingerprint density at radius 2 is 1.79 bits per heavy atom. The van der Waals surface area contributed by atoms with Gasteiger partial charge in [-0.3, -0.25) is 14.2 Å². The van der Waals surface area contributed by atoms with Crippen LogP contribution in [0.25, 0.3) is 10.9 Å². The van der Waals surface area contributed by atoms with Crippen LogP contribution in [0.2, 0.25) is 0 Å². The molecule has 0 saturated heterocycles. The van der Waals surface area contributed by atoms with E-state index in [1.54, 1.807) is 30.3 Å². The quantitative estimate of drug-likeness (QED) is 0.769. The summed E-state index contributed by atoms with van der Waals surface area (Å²) >= 11 is 0. The third-order valence-corrected chi connectivity index (χ3v) is 3.86. The number of aromatic amines is 1. The van der Waals surface area contributed by atoms with Gasteiger partial charge in [-0.2, -0.15) is 0 Å². The smallest absolute Gasteiger partial charge is 0.324 e. The molecule has 24 heavy (non-hydrogen) atoms. The van der Waals surface area contributed by atoms with E-state index in [-0.39, 0.29) is 6.54 Å². The van der Waals surface area contributed by atoms with Crippen molar-refractivity contribution in [3.05, 3.63) is 74.9 Å². The van der Waals surface area contributed by atoms with Crippen LogP contribution in [-0.4, -0.2) is 15.5 Å². The van der Waals surface area contributed by atoms with E-state index in [0.717, 1.165) is 16.6 Å². The zero-order chi connectivity index (χ0) is 17.1. The molecule has 122 valence electrons. The molecule has 0 aliphatic carbocycles. The molecule has 3 rings (SSSR count). The largest absolute Gasteiger partial charge is 0.329 e. The lowest BCUT2D eigenvalue weighted by molar-refractivity contribution is -0.116. The van der Waals surface area contributed by atoms with Gasteiger partial charge in [-0.05, 0) is 30.2 Å². The fourth-order valence-electron chi connectivity index (χ4n) is 2.63. The molecule has 0 radical (unpaired) electrons. The molecule has 6 heteroatoms. The zero-order valence-corrected chi connectivity index (χ0v) is 13.2. The summed E-state index contributed by atoms with van der Waals surface area (Å²) in [4.78, 5) is 39.4. The molecule has 2 aromatic carbocycles. The lowest BCUT2D eigenvalue weighted by atomic mass is 10.1. The van der Waals surface area contributed by atoms with Crippen molar-refractivity contribution < 1.29 is 4.79 Å². The fourth-order valence-corrected chi connectivity index (χ4v) is 2.63. The summed E-state index contributed by atoms with van der Waals surface area (Å²) < 4.78 is 0.909. The first kappa shape index (κ1) is 15.7. The van der Waals surface area contributed by atoms with Crippen molar-refractivity contribution in [1.29, 1.82) is 0 Å². The second kappa shape index (κ2) is 6.54. The number of benzene rings is 2. The molecule has 0 unspecified atom stereocenters. The summed E-state index contributed by atoms with van der Waals surface area (Å²) in [5.41, 5.74) is 1.06. The molecule has 0 spiro atoms. The van der Waals surface area contributed by atoms with E-state index in [1.807, 2.05) is 25.1 Å². The second-order valence-corrected chi connectivity index (χ2v) is 5.43. The van der Waals surface area contributed by atoms with Crippen molar-refractivity contribution >= 4 is 22.5 Å². The van der Waals surface area contributed by atoms with Crippen molar-refractivity contribution in [3.8, 4) is 0 Å². The number of para-hydroxylation sites is 2. The number of carbonyl (C=O) groups excluding carboxylic acids is 1. The predicted molar refractivity (Wildman–Crippen MR) is 93.3 cm³/mol. The van der Waals surface area contributed by atoms with Crippen LogP contribution in [0, 0.1) is 0 Å². The Labute approximate surface area is 137 Å². The van der Waals surface area contributed by atoms with Crippen molar-refractivity contribution in [2.45, 2.75) is 19.9 Å². The Bertz CT molecular complexity index is 1020. The third-order valence-electron chi connectivity index (χ3n) is 3.86. The number of rotatable bonds is 4. The number of fused-ring (bicyclic) bond motifs is 1. The number of nitrogens with one attached hydrogen (secondary N) is 2. The summed E-state index contributed by atoms with van der Waals surface area (Å²) in [7, 11) is 0. The Kier molecular flexibility index (Phi) is 4.29. The van der Waals surface area contributed by atoms with Crippen molar-refractivity contribution in [2.24, 2.45) is 0 Å². The highest BCUT2D eigenvalue weighted by Crippen LogP contribution is 2.15. The maximum atomic E-state index is 12.4. The molecular formula is C18H17N3O3. The second-order valence-electron chi connectivity index (χ2n) is 5.43. The normalized spacial score (nSPS) is 10.7. The Balaban J connectivity index is 1.91. The predicted octanol–water partition coefficient (Wildman–Crippen LogP) is 1.89. The Morgan fingerprint density at radius 3 is 2.58 bits per heavy atom. The van der Waals surface area contributed by atoms with E-state index in [1.165, 1.54) is 0 Å². The Morgan fingerprint density at radius 1 is 1.08 bits per heavy atom. The van der Waals surface area contributed by atoms with Gasteiger partial charge in [0.15, 0.2) is 0 Å². The number of carbonyl (C=O) groups is 1. The lowest BCUT2D eigenvalue weighted by Gasteiger charge is -2.10. The number of anilines is 1. The van der Waals surface area contributed by atoms with Gasteiger partial charge in [0, 0.05) is 5.69 Å². The van der Waals surface area contributed by atoms with Gasteiger partial charge in [0.25, 0.3) is 5.56 Å². The SMILES string of the molecule is CCc1ccccc1NC(=O)Cn1c(=O)[nH]c2ccccc2c1=O. The van der Waals surface area contributed by atoms with E-state index in [4.69, 9.17) is 0 Å². The van der Waals surface area contributed by atoms with Crippen LogP contribution in [-0.2, 0) is 17.8 Å². The topological polar surface area (TPSA) is 84.0 Å². The van der Waals surface area contributed by atoms with Gasteiger partial charge in [-0.1, -0.05) is 37.3 Å². The monoisotopic (exact) mass is 323 g/mol. The summed E-state index contributed by atoms with van der Waals surface area (Å²) in [5.74, 6) is -0.418. The number of hydrogen-bond acceptors (Lipinski definition) is 3. The highest BCUT2D eigenvalue weighted by molar-refractivity contribution is 5.91. The lowest BCUT2D eigenvalue weighted by Crippen LogP contribution is -2.38. The molecule has 0 saturated carbocycles. The first-order valence-electron chi connectivity index (χ1n) is 7.69. The molecule has 0 aliphatic heterocycles. The maximum absolute atomic E-state index is 12.4.